The Morgan fingerprint density at radius 3 is 2.52 bits per heavy atom. The number of aromatic nitrogens is 2. The van der Waals surface area contributed by atoms with Gasteiger partial charge in [0.05, 0.1) is 11.3 Å². The van der Waals surface area contributed by atoms with E-state index in [-0.39, 0.29) is 23.0 Å². The molecule has 0 saturated carbocycles. The van der Waals surface area contributed by atoms with Crippen LogP contribution >= 0.6 is 0 Å². The molecule has 1 heterocycles. The minimum absolute atomic E-state index is 0.0666. The van der Waals surface area contributed by atoms with Gasteiger partial charge in [0, 0.05) is 19.0 Å². The van der Waals surface area contributed by atoms with Gasteiger partial charge in [-0.1, -0.05) is 64.8 Å². The first-order chi connectivity index (χ1) is 13.8. The quantitative estimate of drug-likeness (QED) is 0.684. The third kappa shape index (κ3) is 5.28. The first kappa shape index (κ1) is 21.2. The number of Topliss-reactive ketones (excluding diaryl/α,β-unsaturated/α-hetero) is 1. The van der Waals surface area contributed by atoms with Crippen LogP contribution in [0, 0.1) is 0 Å². The molecule has 0 aliphatic heterocycles. The Hall–Kier alpha value is -2.56. The molecule has 0 radical (unpaired) electrons. The minimum atomic E-state index is -0.0742. The van der Waals surface area contributed by atoms with Gasteiger partial charge in [-0.25, -0.2) is 9.97 Å². The third-order valence-electron chi connectivity index (χ3n) is 5.55. The highest BCUT2D eigenvalue weighted by Gasteiger charge is 2.28. The number of amides is 1. The molecule has 0 bridgehead atoms. The Kier molecular flexibility index (Phi) is 6.46. The Labute approximate surface area is 173 Å². The number of carbonyl (C=O) groups excluding carboxylic acids is 2. The standard InChI is InChI=1S/C24H31N3O2/c1-5-6-7-8-22(29)27-23-25-15-19-20(26-23)13-17(14-21(19)28)16-9-11-18(12-10-16)24(2,3)4/h9-12,15,17H,5-8,13-14H2,1-4H3,(H,25,26,27,29). The molecule has 1 aliphatic carbocycles. The molecule has 2 aromatic rings. The number of anilines is 1. The van der Waals surface area contributed by atoms with Crippen molar-refractivity contribution in [2.45, 2.75) is 77.6 Å². The first-order valence-corrected chi connectivity index (χ1v) is 10.6. The summed E-state index contributed by atoms with van der Waals surface area (Å²) in [6.45, 7) is 8.68. The Morgan fingerprint density at radius 1 is 1.14 bits per heavy atom. The van der Waals surface area contributed by atoms with Gasteiger partial charge in [0.2, 0.25) is 11.9 Å². The number of rotatable bonds is 6. The fourth-order valence-corrected chi connectivity index (χ4v) is 3.72. The van der Waals surface area contributed by atoms with Crippen molar-refractivity contribution in [2.24, 2.45) is 0 Å². The van der Waals surface area contributed by atoms with Crippen LogP contribution in [-0.2, 0) is 16.6 Å². The highest BCUT2D eigenvalue weighted by atomic mass is 16.1. The molecular formula is C24H31N3O2. The van der Waals surface area contributed by atoms with Gasteiger partial charge in [-0.2, -0.15) is 0 Å². The zero-order valence-corrected chi connectivity index (χ0v) is 17.9. The number of hydrogen-bond donors (Lipinski definition) is 1. The molecule has 3 rings (SSSR count). The number of carbonyl (C=O) groups is 2. The lowest BCUT2D eigenvalue weighted by atomic mass is 9.80. The number of hydrogen-bond acceptors (Lipinski definition) is 4. The number of benzene rings is 1. The summed E-state index contributed by atoms with van der Waals surface area (Å²) in [7, 11) is 0. The van der Waals surface area contributed by atoms with Gasteiger partial charge in [-0.3, -0.25) is 14.9 Å². The van der Waals surface area contributed by atoms with E-state index in [1.54, 1.807) is 6.20 Å². The summed E-state index contributed by atoms with van der Waals surface area (Å²) >= 11 is 0. The normalized spacial score (nSPS) is 16.4. The Bertz CT molecular complexity index is 882. The molecule has 5 nitrogen and oxygen atoms in total. The summed E-state index contributed by atoms with van der Waals surface area (Å²) in [6.07, 6.45) is 6.14. The number of nitrogens with one attached hydrogen (secondary N) is 1. The maximum atomic E-state index is 12.6. The van der Waals surface area contributed by atoms with Gasteiger partial charge in [0.1, 0.15) is 0 Å². The molecule has 1 aromatic heterocycles. The van der Waals surface area contributed by atoms with E-state index in [2.05, 4.69) is 67.2 Å². The summed E-state index contributed by atoms with van der Waals surface area (Å²) in [5.74, 6) is 0.389. The second-order valence-electron chi connectivity index (χ2n) is 8.96. The van der Waals surface area contributed by atoms with Crippen molar-refractivity contribution < 1.29 is 9.59 Å². The molecule has 0 saturated heterocycles. The van der Waals surface area contributed by atoms with Gasteiger partial charge in [0.15, 0.2) is 5.78 Å². The predicted molar refractivity (Wildman–Crippen MR) is 115 cm³/mol. The van der Waals surface area contributed by atoms with Crippen molar-refractivity contribution in [1.82, 2.24) is 9.97 Å². The fraction of sp³-hybridized carbons (Fsp3) is 0.500. The average Bonchev–Trinajstić information content (AvgIpc) is 2.67. The first-order valence-electron chi connectivity index (χ1n) is 10.6. The predicted octanol–water partition coefficient (Wildman–Crippen LogP) is 5.21. The molecule has 1 amide bonds. The topological polar surface area (TPSA) is 72.0 Å². The molecule has 5 heteroatoms. The monoisotopic (exact) mass is 393 g/mol. The van der Waals surface area contributed by atoms with Crippen LogP contribution in [0.25, 0.3) is 0 Å². The van der Waals surface area contributed by atoms with Crippen LogP contribution in [-0.4, -0.2) is 21.7 Å². The lowest BCUT2D eigenvalue weighted by molar-refractivity contribution is -0.116. The molecule has 1 aromatic carbocycles. The lowest BCUT2D eigenvalue weighted by Crippen LogP contribution is -2.22. The van der Waals surface area contributed by atoms with Gasteiger partial charge in [-0.15, -0.1) is 0 Å². The van der Waals surface area contributed by atoms with Gasteiger partial charge in [0.25, 0.3) is 0 Å². The zero-order chi connectivity index (χ0) is 21.0. The van der Waals surface area contributed by atoms with Gasteiger partial charge >= 0.3 is 0 Å². The van der Waals surface area contributed by atoms with Crippen molar-refractivity contribution in [1.29, 1.82) is 0 Å². The van der Waals surface area contributed by atoms with E-state index in [0.717, 1.165) is 30.5 Å². The van der Waals surface area contributed by atoms with Crippen LogP contribution in [0.2, 0.25) is 0 Å². The Morgan fingerprint density at radius 2 is 1.86 bits per heavy atom. The van der Waals surface area contributed by atoms with Crippen LogP contribution in [0.3, 0.4) is 0 Å². The second-order valence-corrected chi connectivity index (χ2v) is 8.96. The number of ketones is 1. The largest absolute Gasteiger partial charge is 0.295 e. The minimum Gasteiger partial charge on any atom is -0.295 e. The van der Waals surface area contributed by atoms with E-state index < -0.39 is 0 Å². The molecule has 1 aliphatic rings. The molecule has 0 fully saturated rings. The molecular weight excluding hydrogens is 362 g/mol. The molecule has 154 valence electrons. The highest BCUT2D eigenvalue weighted by molar-refractivity contribution is 5.98. The number of nitrogens with zero attached hydrogens (tertiary/aromatic N) is 2. The summed E-state index contributed by atoms with van der Waals surface area (Å²) < 4.78 is 0. The van der Waals surface area contributed by atoms with Crippen LogP contribution in [0.5, 0.6) is 0 Å². The maximum absolute atomic E-state index is 12.6. The van der Waals surface area contributed by atoms with Crippen molar-refractivity contribution in [2.75, 3.05) is 5.32 Å². The van der Waals surface area contributed by atoms with Crippen molar-refractivity contribution in [3.05, 3.63) is 52.8 Å². The summed E-state index contributed by atoms with van der Waals surface area (Å²) in [4.78, 5) is 33.4. The van der Waals surface area contributed by atoms with E-state index in [4.69, 9.17) is 0 Å². The fourth-order valence-electron chi connectivity index (χ4n) is 3.72. The van der Waals surface area contributed by atoms with Gasteiger partial charge < -0.3 is 0 Å². The van der Waals surface area contributed by atoms with Crippen molar-refractivity contribution in [3.63, 3.8) is 0 Å². The SMILES string of the molecule is CCCCCC(=O)Nc1ncc2c(n1)CC(c1ccc(C(C)(C)C)cc1)CC2=O. The molecule has 0 spiro atoms. The highest BCUT2D eigenvalue weighted by Crippen LogP contribution is 2.33. The average molecular weight is 394 g/mol. The zero-order valence-electron chi connectivity index (χ0n) is 17.9. The summed E-state index contributed by atoms with van der Waals surface area (Å²) in [6, 6.07) is 8.55. The number of unbranched alkanes of at least 4 members (excludes halogenated alkanes) is 2. The van der Waals surface area contributed by atoms with E-state index in [1.165, 1.54) is 5.56 Å². The van der Waals surface area contributed by atoms with Crippen LogP contribution < -0.4 is 5.32 Å². The van der Waals surface area contributed by atoms with Crippen molar-refractivity contribution in [3.8, 4) is 0 Å². The number of fused-ring (bicyclic) bond motifs is 1. The maximum Gasteiger partial charge on any atom is 0.229 e. The summed E-state index contributed by atoms with van der Waals surface area (Å²) in [5.41, 5.74) is 3.84. The van der Waals surface area contributed by atoms with Crippen LogP contribution in [0.15, 0.2) is 30.5 Å². The third-order valence-corrected chi connectivity index (χ3v) is 5.55. The molecule has 1 unspecified atom stereocenters. The van der Waals surface area contributed by atoms with Crippen molar-refractivity contribution >= 4 is 17.6 Å². The van der Waals surface area contributed by atoms with E-state index in [9.17, 15) is 9.59 Å². The molecule has 1 atom stereocenters. The van der Waals surface area contributed by atoms with E-state index >= 15 is 0 Å². The van der Waals surface area contributed by atoms with E-state index in [0.29, 0.717) is 30.8 Å². The lowest BCUT2D eigenvalue weighted by Gasteiger charge is -2.25. The van der Waals surface area contributed by atoms with Crippen LogP contribution in [0.1, 0.15) is 92.9 Å². The van der Waals surface area contributed by atoms with E-state index in [1.807, 2.05) is 0 Å². The Balaban J connectivity index is 1.74. The smallest absolute Gasteiger partial charge is 0.229 e. The summed E-state index contributed by atoms with van der Waals surface area (Å²) in [5, 5.41) is 2.77. The second kappa shape index (κ2) is 8.85. The molecule has 1 N–H and O–H groups in total. The van der Waals surface area contributed by atoms with Gasteiger partial charge in [-0.05, 0) is 35.3 Å². The van der Waals surface area contributed by atoms with Crippen LogP contribution in [0.4, 0.5) is 5.95 Å². The molecule has 29 heavy (non-hydrogen) atoms.